The maximum atomic E-state index is 10.9. The van der Waals surface area contributed by atoms with Crippen molar-refractivity contribution in [1.29, 1.82) is 0 Å². The van der Waals surface area contributed by atoms with Crippen molar-refractivity contribution in [2.75, 3.05) is 13.1 Å². The summed E-state index contributed by atoms with van der Waals surface area (Å²) in [5.41, 5.74) is 9.76. The van der Waals surface area contributed by atoms with Crippen LogP contribution in [0.3, 0.4) is 0 Å². The van der Waals surface area contributed by atoms with E-state index in [9.17, 15) is 10.1 Å². The Kier molecular flexibility index (Phi) is 6.71. The number of nitro groups is 1. The summed E-state index contributed by atoms with van der Waals surface area (Å²) in [4.78, 5) is 12.7. The van der Waals surface area contributed by atoms with Crippen molar-refractivity contribution in [2.45, 2.75) is 26.3 Å². The van der Waals surface area contributed by atoms with Crippen LogP contribution in [-0.2, 0) is 13.0 Å². The van der Waals surface area contributed by atoms with Crippen LogP contribution in [-0.4, -0.2) is 22.9 Å². The Hall–Kier alpha value is 0.302. The third-order valence-electron chi connectivity index (χ3n) is 3.27. The zero-order valence-electron chi connectivity index (χ0n) is 10.8. The summed E-state index contributed by atoms with van der Waals surface area (Å²) >= 11 is 3.40. The molecule has 1 aromatic carbocycles. The normalized spacial score (nSPS) is 14.6. The van der Waals surface area contributed by atoms with Crippen LogP contribution in [0.15, 0.2) is 10.5 Å². The van der Waals surface area contributed by atoms with Gasteiger partial charge in [0.2, 0.25) is 0 Å². The fraction of sp³-hybridized carbons (Fsp3) is 0.500. The Labute approximate surface area is 156 Å². The third-order valence-corrected chi connectivity index (χ3v) is 3.98. The summed E-state index contributed by atoms with van der Waals surface area (Å²) in [6, 6.07) is 1.45. The van der Waals surface area contributed by atoms with Gasteiger partial charge in [0, 0.05) is 67.7 Å². The molecule has 0 bridgehead atoms. The summed E-state index contributed by atoms with van der Waals surface area (Å²) in [6.07, 6.45) is 1.81. The van der Waals surface area contributed by atoms with E-state index in [2.05, 4.69) is 27.8 Å². The molecule has 2 rings (SSSR count). The third kappa shape index (κ3) is 3.69. The summed E-state index contributed by atoms with van der Waals surface area (Å²) in [7, 11) is 0. The Morgan fingerprint density at radius 1 is 1.53 bits per heavy atom. The van der Waals surface area contributed by atoms with Gasteiger partial charge in [0.05, 0.1) is 4.92 Å². The number of hydrogen-bond donors (Lipinski definition) is 0. The van der Waals surface area contributed by atoms with E-state index in [-0.39, 0.29) is 55.4 Å². The first kappa shape index (κ1) is 17.4. The fourth-order valence-electron chi connectivity index (χ4n) is 2.40. The molecular weight excluding hydrogens is 525 g/mol. The van der Waals surface area contributed by atoms with Crippen LogP contribution in [0.4, 0.5) is 11.4 Å². The van der Waals surface area contributed by atoms with Gasteiger partial charge in [-0.3, -0.25) is 15.0 Å². The molecule has 1 aromatic rings. The minimum Gasteiger partial charge on any atom is -0.693 e. The second-order valence-corrected chi connectivity index (χ2v) is 5.35. The predicted molar refractivity (Wildman–Crippen MR) is 74.1 cm³/mol. The van der Waals surface area contributed by atoms with Gasteiger partial charge in [-0.25, -0.2) is 0 Å². The SMILES string of the molecule is CCCN1CCc2c([NH-])c([N+](=O)[O-])cc(Br)c2C1.[Ac]. The van der Waals surface area contributed by atoms with E-state index in [4.69, 9.17) is 5.73 Å². The Morgan fingerprint density at radius 3 is 2.79 bits per heavy atom. The van der Waals surface area contributed by atoms with Crippen LogP contribution in [0, 0.1) is 54.2 Å². The molecule has 1 aliphatic rings. The Bertz CT molecular complexity index is 496. The number of halogens is 1. The molecule has 1 aliphatic heterocycles. The van der Waals surface area contributed by atoms with Crippen molar-refractivity contribution in [3.05, 3.63) is 37.5 Å². The molecule has 101 valence electrons. The van der Waals surface area contributed by atoms with Crippen LogP contribution in [0.5, 0.6) is 0 Å². The summed E-state index contributed by atoms with van der Waals surface area (Å²) in [5.74, 6) is 0. The summed E-state index contributed by atoms with van der Waals surface area (Å²) < 4.78 is 0.751. The monoisotopic (exact) mass is 539 g/mol. The molecule has 0 spiro atoms. The van der Waals surface area contributed by atoms with Crippen molar-refractivity contribution in [3.8, 4) is 0 Å². The van der Waals surface area contributed by atoms with E-state index in [1.165, 1.54) is 6.07 Å². The Balaban J connectivity index is 0.00000180. The average molecular weight is 540 g/mol. The molecule has 0 saturated carbocycles. The quantitative estimate of drug-likeness (QED) is 0.433. The van der Waals surface area contributed by atoms with Crippen molar-refractivity contribution in [2.24, 2.45) is 0 Å². The van der Waals surface area contributed by atoms with E-state index >= 15 is 0 Å². The summed E-state index contributed by atoms with van der Waals surface area (Å²) in [6.45, 7) is 4.81. The number of nitrogens with one attached hydrogen (secondary N) is 1. The van der Waals surface area contributed by atoms with Crippen LogP contribution in [0.2, 0.25) is 0 Å². The molecule has 7 heteroatoms. The van der Waals surface area contributed by atoms with Crippen LogP contribution in [0.25, 0.3) is 5.73 Å². The van der Waals surface area contributed by atoms with E-state index in [1.54, 1.807) is 0 Å². The first-order valence-corrected chi connectivity index (χ1v) is 6.76. The predicted octanol–water partition coefficient (Wildman–Crippen LogP) is 3.81. The van der Waals surface area contributed by atoms with Gasteiger partial charge < -0.3 is 5.73 Å². The molecule has 0 amide bonds. The molecule has 0 saturated heterocycles. The van der Waals surface area contributed by atoms with E-state index in [0.29, 0.717) is 6.42 Å². The van der Waals surface area contributed by atoms with Crippen molar-refractivity contribution in [1.82, 2.24) is 4.90 Å². The van der Waals surface area contributed by atoms with E-state index < -0.39 is 4.92 Å². The number of benzene rings is 1. The van der Waals surface area contributed by atoms with Crippen molar-refractivity contribution in [3.63, 3.8) is 0 Å². The molecular formula is C12H15AcBrN3O2-. The molecule has 0 atom stereocenters. The van der Waals surface area contributed by atoms with Gasteiger partial charge in [0.25, 0.3) is 5.69 Å². The van der Waals surface area contributed by atoms with Gasteiger partial charge in [-0.1, -0.05) is 28.5 Å². The van der Waals surface area contributed by atoms with Gasteiger partial charge in [-0.15, -0.1) is 0 Å². The molecule has 0 aromatic heterocycles. The van der Waals surface area contributed by atoms with Crippen LogP contribution in [0.1, 0.15) is 24.5 Å². The zero-order valence-corrected chi connectivity index (χ0v) is 17.1. The van der Waals surface area contributed by atoms with Gasteiger partial charge in [-0.2, -0.15) is 0 Å². The number of hydrogen-bond acceptors (Lipinski definition) is 3. The smallest absolute Gasteiger partial charge is 0.255 e. The first-order chi connectivity index (χ1) is 8.54. The fourth-order valence-corrected chi connectivity index (χ4v) is 2.98. The van der Waals surface area contributed by atoms with Crippen LogP contribution < -0.4 is 0 Å². The van der Waals surface area contributed by atoms with E-state index in [0.717, 1.165) is 41.7 Å². The Morgan fingerprint density at radius 2 is 2.21 bits per heavy atom. The second kappa shape index (κ2) is 7.35. The number of nitrogens with zero attached hydrogens (tertiary/aromatic N) is 2. The largest absolute Gasteiger partial charge is 0.693 e. The molecule has 1 radical (unpaired) electrons. The molecule has 19 heavy (non-hydrogen) atoms. The first-order valence-electron chi connectivity index (χ1n) is 5.97. The van der Waals surface area contributed by atoms with Crippen molar-refractivity contribution < 1.29 is 49.0 Å². The van der Waals surface area contributed by atoms with Gasteiger partial charge >= 0.3 is 0 Å². The van der Waals surface area contributed by atoms with E-state index in [1.807, 2.05) is 0 Å². The minimum absolute atomic E-state index is 0. The molecule has 0 aliphatic carbocycles. The minimum atomic E-state index is -0.480. The van der Waals surface area contributed by atoms with Crippen molar-refractivity contribution >= 4 is 27.3 Å². The zero-order chi connectivity index (χ0) is 13.3. The molecule has 1 N–H and O–H groups in total. The maximum Gasteiger partial charge on any atom is 0.255 e. The van der Waals surface area contributed by atoms with Gasteiger partial charge in [-0.05, 0) is 30.5 Å². The number of nitro benzene ring substituents is 1. The average Bonchev–Trinajstić information content (AvgIpc) is 2.34. The second-order valence-electron chi connectivity index (χ2n) is 4.49. The van der Waals surface area contributed by atoms with Gasteiger partial charge in [0.1, 0.15) is 0 Å². The number of rotatable bonds is 3. The summed E-state index contributed by atoms with van der Waals surface area (Å²) in [5, 5.41) is 10.9. The molecule has 1 heterocycles. The van der Waals surface area contributed by atoms with Gasteiger partial charge in [0.15, 0.2) is 0 Å². The topological polar surface area (TPSA) is 70.2 Å². The molecule has 0 unspecified atom stereocenters. The number of fused-ring (bicyclic) bond motifs is 1. The molecule has 0 fully saturated rings. The standard InChI is InChI=1S/C12H15BrN3O2.Ac/c1-2-4-15-5-3-8-9(7-15)10(13)6-11(12(8)14)16(17)18;/h6,14H,2-5,7H2,1H3;/q-1;. The molecule has 5 nitrogen and oxygen atoms in total. The maximum absolute atomic E-state index is 10.9. The van der Waals surface area contributed by atoms with Crippen LogP contribution >= 0.6 is 15.9 Å².